The normalized spacial score (nSPS) is 24.9. The molecule has 11 nitrogen and oxygen atoms in total. The van der Waals surface area contributed by atoms with E-state index in [9.17, 15) is 19.2 Å². The summed E-state index contributed by atoms with van der Waals surface area (Å²) in [5.41, 5.74) is 1.16. The van der Waals surface area contributed by atoms with Gasteiger partial charge in [-0.05, 0) is 55.7 Å². The summed E-state index contributed by atoms with van der Waals surface area (Å²) in [4.78, 5) is 65.1. The summed E-state index contributed by atoms with van der Waals surface area (Å²) < 4.78 is 5.45. The lowest BCUT2D eigenvalue weighted by molar-refractivity contribution is -0.127. The number of Topliss-reactive ketones (excluding diaryl/α,β-unsaturated/α-hetero) is 1. The molecule has 3 aliphatic rings. The van der Waals surface area contributed by atoms with Gasteiger partial charge in [0.05, 0.1) is 13.2 Å². The van der Waals surface area contributed by atoms with E-state index in [0.29, 0.717) is 31.0 Å². The number of aromatic amines is 2. The SMILES string of the molecule is COc1cccc2[nH]c(C(=O)N3C[C@@H]4CCC[C@@H]4[C@H]3C(=O)NC(C[C@@H]3CCNC3=O)C(=O)c3ncc[nH]3)cc12. The quantitative estimate of drug-likeness (QED) is 0.326. The fraction of sp³-hybridized carbons (Fsp3) is 0.464. The maximum atomic E-state index is 13.9. The molecule has 1 saturated carbocycles. The number of methoxy groups -OCH3 is 1. The highest BCUT2D eigenvalue weighted by molar-refractivity contribution is 6.03. The third-order valence-electron chi connectivity index (χ3n) is 8.54. The maximum absolute atomic E-state index is 13.9. The van der Waals surface area contributed by atoms with E-state index in [0.717, 1.165) is 30.2 Å². The fourth-order valence-corrected chi connectivity index (χ4v) is 6.63. The van der Waals surface area contributed by atoms with Crippen LogP contribution in [0.1, 0.15) is 53.2 Å². The Hall–Kier alpha value is -4.15. The van der Waals surface area contributed by atoms with Gasteiger partial charge in [0, 0.05) is 42.3 Å². The van der Waals surface area contributed by atoms with Gasteiger partial charge in [-0.25, -0.2) is 4.98 Å². The molecule has 11 heteroatoms. The average molecular weight is 533 g/mol. The Kier molecular flexibility index (Phi) is 6.58. The minimum Gasteiger partial charge on any atom is -0.496 e. The van der Waals surface area contributed by atoms with Crippen molar-refractivity contribution in [1.82, 2.24) is 30.5 Å². The van der Waals surface area contributed by atoms with E-state index in [1.54, 1.807) is 24.3 Å². The van der Waals surface area contributed by atoms with Crippen molar-refractivity contribution in [3.8, 4) is 5.75 Å². The molecule has 4 heterocycles. The number of hydrogen-bond acceptors (Lipinski definition) is 6. The number of rotatable bonds is 8. The van der Waals surface area contributed by atoms with Gasteiger partial charge >= 0.3 is 0 Å². The number of benzene rings is 1. The molecule has 1 aliphatic carbocycles. The number of imidazole rings is 1. The van der Waals surface area contributed by atoms with Crippen molar-refractivity contribution in [2.45, 2.75) is 44.2 Å². The first-order valence-electron chi connectivity index (χ1n) is 13.5. The van der Waals surface area contributed by atoms with Crippen molar-refractivity contribution < 1.29 is 23.9 Å². The van der Waals surface area contributed by atoms with Crippen LogP contribution in [-0.2, 0) is 9.59 Å². The largest absolute Gasteiger partial charge is 0.496 e. The number of nitrogens with one attached hydrogen (secondary N) is 4. The van der Waals surface area contributed by atoms with Crippen molar-refractivity contribution >= 4 is 34.4 Å². The maximum Gasteiger partial charge on any atom is 0.271 e. The minimum atomic E-state index is -0.938. The van der Waals surface area contributed by atoms with Crippen LogP contribution in [0, 0.1) is 17.8 Å². The van der Waals surface area contributed by atoms with Crippen LogP contribution in [-0.4, -0.2) is 75.6 Å². The molecular weight excluding hydrogens is 500 g/mol. The topological polar surface area (TPSA) is 149 Å². The van der Waals surface area contributed by atoms with Crippen LogP contribution in [0.5, 0.6) is 5.75 Å². The number of nitrogens with zero attached hydrogens (tertiary/aromatic N) is 2. The highest BCUT2D eigenvalue weighted by Gasteiger charge is 2.50. The Morgan fingerprint density at radius 1 is 1.23 bits per heavy atom. The molecule has 6 rings (SSSR count). The number of ether oxygens (including phenoxy) is 1. The summed E-state index contributed by atoms with van der Waals surface area (Å²) in [7, 11) is 1.58. The second kappa shape index (κ2) is 10.2. The Morgan fingerprint density at radius 2 is 2.10 bits per heavy atom. The molecule has 2 aromatic heterocycles. The molecule has 39 heavy (non-hydrogen) atoms. The third-order valence-corrected chi connectivity index (χ3v) is 8.54. The summed E-state index contributed by atoms with van der Waals surface area (Å²) in [5.74, 6) is -0.475. The van der Waals surface area contributed by atoms with E-state index in [-0.39, 0.29) is 53.5 Å². The number of ketones is 1. The van der Waals surface area contributed by atoms with Gasteiger partial charge in [-0.3, -0.25) is 19.2 Å². The number of hydrogen-bond donors (Lipinski definition) is 4. The molecule has 0 radical (unpaired) electrons. The highest BCUT2D eigenvalue weighted by atomic mass is 16.5. The Labute approximate surface area is 225 Å². The molecular formula is C28H32N6O5. The first kappa shape index (κ1) is 25.1. The molecule has 2 saturated heterocycles. The molecule has 3 fully saturated rings. The second-order valence-corrected chi connectivity index (χ2v) is 10.7. The van der Waals surface area contributed by atoms with E-state index in [1.165, 1.54) is 6.20 Å². The predicted octanol–water partition coefficient (Wildman–Crippen LogP) is 2.03. The summed E-state index contributed by atoms with van der Waals surface area (Å²) in [6, 6.07) is 5.68. The van der Waals surface area contributed by atoms with Crippen molar-refractivity contribution in [3.63, 3.8) is 0 Å². The zero-order chi connectivity index (χ0) is 27.1. The van der Waals surface area contributed by atoms with Crippen molar-refractivity contribution in [2.24, 2.45) is 17.8 Å². The first-order valence-corrected chi connectivity index (χ1v) is 13.5. The lowest BCUT2D eigenvalue weighted by Crippen LogP contribution is -2.53. The average Bonchev–Trinajstić information content (AvgIpc) is 3.75. The lowest BCUT2D eigenvalue weighted by Gasteiger charge is -2.29. The van der Waals surface area contributed by atoms with Crippen LogP contribution >= 0.6 is 0 Å². The first-order chi connectivity index (χ1) is 18.9. The summed E-state index contributed by atoms with van der Waals surface area (Å²) in [6.45, 7) is 1.03. The molecule has 0 spiro atoms. The van der Waals surface area contributed by atoms with Crippen LogP contribution in [0.2, 0.25) is 0 Å². The van der Waals surface area contributed by atoms with Crippen LogP contribution in [0.25, 0.3) is 10.9 Å². The molecule has 3 amide bonds. The zero-order valence-corrected chi connectivity index (χ0v) is 21.7. The lowest BCUT2D eigenvalue weighted by atomic mass is 9.91. The van der Waals surface area contributed by atoms with Gasteiger partial charge < -0.3 is 30.2 Å². The van der Waals surface area contributed by atoms with Gasteiger partial charge in [0.25, 0.3) is 5.91 Å². The van der Waals surface area contributed by atoms with Gasteiger partial charge in [-0.2, -0.15) is 0 Å². The van der Waals surface area contributed by atoms with E-state index in [4.69, 9.17) is 4.74 Å². The molecule has 3 aromatic rings. The third kappa shape index (κ3) is 4.55. The van der Waals surface area contributed by atoms with Gasteiger partial charge in [0.15, 0.2) is 5.82 Å². The molecule has 0 bridgehead atoms. The Morgan fingerprint density at radius 3 is 2.85 bits per heavy atom. The van der Waals surface area contributed by atoms with E-state index in [2.05, 4.69) is 25.6 Å². The summed E-state index contributed by atoms with van der Waals surface area (Å²) >= 11 is 0. The number of amides is 3. The zero-order valence-electron chi connectivity index (χ0n) is 21.7. The van der Waals surface area contributed by atoms with Crippen LogP contribution in [0.15, 0.2) is 36.7 Å². The number of carbonyl (C=O) groups is 4. The summed E-state index contributed by atoms with van der Waals surface area (Å²) in [6.07, 6.45) is 6.59. The predicted molar refractivity (Wildman–Crippen MR) is 141 cm³/mol. The Balaban J connectivity index is 1.28. The molecule has 4 N–H and O–H groups in total. The van der Waals surface area contributed by atoms with Crippen LogP contribution < -0.4 is 15.4 Å². The van der Waals surface area contributed by atoms with Crippen molar-refractivity contribution in [1.29, 1.82) is 0 Å². The fourth-order valence-electron chi connectivity index (χ4n) is 6.63. The molecule has 5 atom stereocenters. The number of H-pyrrole nitrogens is 2. The standard InChI is InChI=1S/C28H32N6O5/c1-39-22-7-3-6-19-18(22)13-21(32-19)28(38)34-14-16-4-2-5-17(16)23(34)27(37)33-20(12-15-8-9-31-26(15)36)24(35)25-29-10-11-30-25/h3,6-7,10-11,13,15-17,20,23,32H,2,4-5,8-9,12,14H2,1H3,(H,29,30)(H,31,36)(H,33,37)/t15-,16-,17-,20?,23-/m0/s1. The molecule has 1 aromatic carbocycles. The summed E-state index contributed by atoms with van der Waals surface area (Å²) in [5, 5.41) is 6.52. The van der Waals surface area contributed by atoms with Gasteiger partial charge in [0.1, 0.15) is 17.5 Å². The minimum absolute atomic E-state index is 0.0157. The van der Waals surface area contributed by atoms with Gasteiger partial charge in [0.2, 0.25) is 17.6 Å². The van der Waals surface area contributed by atoms with E-state index in [1.807, 2.05) is 18.2 Å². The van der Waals surface area contributed by atoms with Crippen LogP contribution in [0.4, 0.5) is 0 Å². The van der Waals surface area contributed by atoms with E-state index >= 15 is 0 Å². The number of likely N-dealkylation sites (tertiary alicyclic amines) is 1. The van der Waals surface area contributed by atoms with Crippen molar-refractivity contribution in [2.75, 3.05) is 20.2 Å². The smallest absolute Gasteiger partial charge is 0.271 e. The highest BCUT2D eigenvalue weighted by Crippen LogP contribution is 2.43. The van der Waals surface area contributed by atoms with Crippen molar-refractivity contribution in [3.05, 3.63) is 48.2 Å². The van der Waals surface area contributed by atoms with Crippen LogP contribution in [0.3, 0.4) is 0 Å². The molecule has 1 unspecified atom stereocenters. The Bertz CT molecular complexity index is 1410. The van der Waals surface area contributed by atoms with E-state index < -0.39 is 12.1 Å². The van der Waals surface area contributed by atoms with Gasteiger partial charge in [-0.15, -0.1) is 0 Å². The molecule has 2 aliphatic heterocycles. The molecule has 204 valence electrons. The van der Waals surface area contributed by atoms with Gasteiger partial charge in [-0.1, -0.05) is 12.5 Å². The number of aromatic nitrogens is 3. The number of carbonyl (C=O) groups excluding carboxylic acids is 4. The number of fused-ring (bicyclic) bond motifs is 2. The monoisotopic (exact) mass is 532 g/mol. The second-order valence-electron chi connectivity index (χ2n) is 10.7.